The number of anilines is 1. The van der Waals surface area contributed by atoms with Crippen molar-refractivity contribution in [2.45, 2.75) is 19.6 Å². The molecule has 1 aliphatic rings. The molecular formula is C17H18F4N5O4+. The number of carbonyl (C=O) groups is 1. The highest BCUT2D eigenvalue weighted by molar-refractivity contribution is 6.07. The van der Waals surface area contributed by atoms with Crippen molar-refractivity contribution in [2.24, 2.45) is 7.05 Å². The third-order valence-electron chi connectivity index (χ3n) is 4.40. The molecule has 0 bridgehead atoms. The third kappa shape index (κ3) is 3.76. The summed E-state index contributed by atoms with van der Waals surface area (Å²) in [6.07, 6.45) is -0.939. The molecule has 1 aromatic carbocycles. The molecule has 13 heteroatoms. The van der Waals surface area contributed by atoms with Gasteiger partial charge >= 0.3 is 0 Å². The third-order valence-corrected chi connectivity index (χ3v) is 4.40. The smallest absolute Gasteiger partial charge is 0.273 e. The van der Waals surface area contributed by atoms with Crippen molar-refractivity contribution >= 4 is 23.4 Å². The van der Waals surface area contributed by atoms with Crippen molar-refractivity contribution in [3.8, 4) is 0 Å². The number of quaternary nitrogens is 1. The van der Waals surface area contributed by atoms with Crippen LogP contribution in [0.5, 0.6) is 0 Å². The molecule has 0 spiro atoms. The topological polar surface area (TPSA) is 110 Å². The summed E-state index contributed by atoms with van der Waals surface area (Å²) < 4.78 is 54.8. The Labute approximate surface area is 167 Å². The van der Waals surface area contributed by atoms with E-state index in [0.29, 0.717) is 6.07 Å². The Balaban J connectivity index is 2.03. The average Bonchev–Trinajstić information content (AvgIpc) is 2.91. The summed E-state index contributed by atoms with van der Waals surface area (Å²) in [5.41, 5.74) is -0.403. The highest BCUT2D eigenvalue weighted by atomic mass is 19.3. The van der Waals surface area contributed by atoms with Crippen LogP contribution in [0.4, 0.5) is 28.9 Å². The second-order valence-electron chi connectivity index (χ2n) is 6.52. The van der Waals surface area contributed by atoms with Crippen molar-refractivity contribution in [1.29, 1.82) is 0 Å². The fraction of sp³-hybridized carbons (Fsp3) is 0.235. The van der Waals surface area contributed by atoms with Gasteiger partial charge in [0.15, 0.2) is 5.82 Å². The molecule has 30 heavy (non-hydrogen) atoms. The molecule has 1 aliphatic heterocycles. The summed E-state index contributed by atoms with van der Waals surface area (Å²) in [4.78, 5) is 10.8. The summed E-state index contributed by atoms with van der Waals surface area (Å²) >= 11 is 0. The maximum Gasteiger partial charge on any atom is 0.273 e. The fourth-order valence-corrected chi connectivity index (χ4v) is 2.98. The lowest BCUT2D eigenvalue weighted by atomic mass is 10.1. The van der Waals surface area contributed by atoms with Gasteiger partial charge in [-0.2, -0.15) is 10.4 Å². The number of hydrogen-bond donors (Lipinski definition) is 5. The Morgan fingerprint density at radius 2 is 1.93 bits per heavy atom. The molecule has 2 heterocycles. The first-order chi connectivity index (χ1) is 13.9. The molecule has 0 saturated carbocycles. The van der Waals surface area contributed by atoms with Crippen LogP contribution >= 0.6 is 0 Å². The van der Waals surface area contributed by atoms with E-state index in [1.165, 1.54) is 37.0 Å². The molecule has 1 atom stereocenters. The normalized spacial score (nSPS) is 16.4. The number of rotatable bonds is 4. The van der Waals surface area contributed by atoms with Crippen molar-refractivity contribution in [1.82, 2.24) is 20.0 Å². The Morgan fingerprint density at radius 1 is 1.27 bits per heavy atom. The number of nitrogens with one attached hydrogen (secondary N) is 2. The minimum absolute atomic E-state index is 0.0211. The molecular weight excluding hydrogens is 414 g/mol. The van der Waals surface area contributed by atoms with Crippen LogP contribution in [0.15, 0.2) is 24.5 Å². The van der Waals surface area contributed by atoms with Gasteiger partial charge in [0, 0.05) is 18.8 Å². The molecule has 162 valence electrons. The van der Waals surface area contributed by atoms with Crippen LogP contribution in [0.25, 0.3) is 6.08 Å². The molecule has 0 aliphatic carbocycles. The highest BCUT2D eigenvalue weighted by Gasteiger charge is 2.39. The maximum absolute atomic E-state index is 14.3. The number of fused-ring (bicyclic) bond motifs is 1. The molecule has 0 unspecified atom stereocenters. The van der Waals surface area contributed by atoms with Crippen LogP contribution in [-0.4, -0.2) is 37.2 Å². The standard InChI is InChI=1S/C17H17F4N5O4/c1-8(27)25-6-5-9-12(26(29,30)23-25)7-24(2)15(9)17(28)22-11-4-3-10(18)13(14(11)19)16(20)21/h3-8,16,23,27,29-30H,1-2H3/p+1/t8-/m0/s1. The lowest BCUT2D eigenvalue weighted by Gasteiger charge is -2.27. The largest absolute Gasteiger partial charge is 0.372 e. The monoisotopic (exact) mass is 432 g/mol. The zero-order valence-electron chi connectivity index (χ0n) is 15.6. The molecule has 2 aromatic rings. The highest BCUT2D eigenvalue weighted by Crippen LogP contribution is 2.33. The predicted octanol–water partition coefficient (Wildman–Crippen LogP) is 2.62. The number of aryl methyl sites for hydroxylation is 1. The first-order valence-electron chi connectivity index (χ1n) is 8.48. The molecule has 0 fully saturated rings. The number of halogens is 4. The number of benzene rings is 1. The molecule has 3 rings (SSSR count). The van der Waals surface area contributed by atoms with E-state index in [9.17, 15) is 37.9 Å². The second-order valence-corrected chi connectivity index (χ2v) is 6.52. The van der Waals surface area contributed by atoms with Crippen LogP contribution in [0.3, 0.4) is 0 Å². The summed E-state index contributed by atoms with van der Waals surface area (Å²) in [5, 5.41) is 33.2. The van der Waals surface area contributed by atoms with Gasteiger partial charge in [-0.15, -0.1) is 0 Å². The maximum atomic E-state index is 14.3. The van der Waals surface area contributed by atoms with Crippen LogP contribution in [0.2, 0.25) is 0 Å². The number of aromatic nitrogens is 1. The van der Waals surface area contributed by atoms with Crippen LogP contribution < -0.4 is 15.8 Å². The minimum Gasteiger partial charge on any atom is -0.372 e. The van der Waals surface area contributed by atoms with Crippen LogP contribution in [0, 0.1) is 11.6 Å². The summed E-state index contributed by atoms with van der Waals surface area (Å²) in [7, 11) is 1.38. The van der Waals surface area contributed by atoms with Gasteiger partial charge < -0.3 is 15.0 Å². The molecule has 0 radical (unpaired) electrons. The lowest BCUT2D eigenvalue weighted by Crippen LogP contribution is -2.61. The van der Waals surface area contributed by atoms with E-state index in [1.54, 1.807) is 0 Å². The summed E-state index contributed by atoms with van der Waals surface area (Å²) in [6.45, 7) is 1.33. The number of alkyl halides is 2. The van der Waals surface area contributed by atoms with Gasteiger partial charge in [0.05, 0.1) is 27.9 Å². The Kier molecular flexibility index (Phi) is 5.58. The van der Waals surface area contributed by atoms with Gasteiger partial charge in [-0.1, -0.05) is 0 Å². The number of nitrogens with zero attached hydrogens (tertiary/aromatic N) is 3. The van der Waals surface area contributed by atoms with E-state index < -0.39 is 46.4 Å². The van der Waals surface area contributed by atoms with Crippen molar-refractivity contribution < 1.29 is 37.9 Å². The fourth-order valence-electron chi connectivity index (χ4n) is 2.98. The van der Waals surface area contributed by atoms with Crippen molar-refractivity contribution in [3.63, 3.8) is 0 Å². The quantitative estimate of drug-likeness (QED) is 0.375. The first-order valence-corrected chi connectivity index (χ1v) is 8.48. The van der Waals surface area contributed by atoms with Gasteiger partial charge in [-0.3, -0.25) is 4.79 Å². The SMILES string of the molecule is C[C@H](O)N1C=Cc2c(cn(C)c2C(=O)Nc2ccc(F)c(C(F)F)c2F)[N+](O)(O)N1. The molecule has 5 N–H and O–H groups in total. The molecule has 0 saturated heterocycles. The second kappa shape index (κ2) is 7.70. The Hall–Kier alpha value is -2.97. The van der Waals surface area contributed by atoms with Gasteiger partial charge in [0.1, 0.15) is 17.7 Å². The van der Waals surface area contributed by atoms with E-state index in [4.69, 9.17) is 0 Å². The number of carbonyl (C=O) groups excluding carboxylic acids is 1. The Bertz CT molecular complexity index is 1020. The first kappa shape index (κ1) is 21.7. The number of aliphatic hydroxyl groups is 1. The van der Waals surface area contributed by atoms with Crippen molar-refractivity contribution in [3.05, 3.63) is 53.0 Å². The number of hydrogen-bond acceptors (Lipinski definition) is 6. The van der Waals surface area contributed by atoms with Gasteiger partial charge in [-0.25, -0.2) is 22.6 Å². The number of aliphatic hydroxyl groups excluding tert-OH is 1. The zero-order valence-corrected chi connectivity index (χ0v) is 15.6. The van der Waals surface area contributed by atoms with E-state index in [1.807, 2.05) is 0 Å². The molecule has 1 aromatic heterocycles. The Morgan fingerprint density at radius 3 is 2.53 bits per heavy atom. The van der Waals surface area contributed by atoms with Crippen LogP contribution in [-0.2, 0) is 7.05 Å². The van der Waals surface area contributed by atoms with E-state index in [-0.39, 0.29) is 16.9 Å². The van der Waals surface area contributed by atoms with Crippen molar-refractivity contribution in [2.75, 3.05) is 5.32 Å². The number of hydrazine groups is 1. The minimum atomic E-state index is -3.43. The molecule has 1 amide bonds. The van der Waals surface area contributed by atoms with Crippen LogP contribution in [0.1, 0.15) is 35.0 Å². The van der Waals surface area contributed by atoms with Gasteiger partial charge in [0.2, 0.25) is 5.69 Å². The molecule has 9 nitrogen and oxygen atoms in total. The average molecular weight is 432 g/mol. The lowest BCUT2D eigenvalue weighted by molar-refractivity contribution is -0.355. The number of amides is 1. The van der Waals surface area contributed by atoms with E-state index in [2.05, 4.69) is 10.9 Å². The van der Waals surface area contributed by atoms with E-state index >= 15 is 0 Å². The summed E-state index contributed by atoms with van der Waals surface area (Å²) in [6, 6.07) is 1.39. The summed E-state index contributed by atoms with van der Waals surface area (Å²) in [5.74, 6) is -4.06. The van der Waals surface area contributed by atoms with Gasteiger partial charge in [0.25, 0.3) is 12.3 Å². The predicted molar refractivity (Wildman–Crippen MR) is 95.7 cm³/mol. The van der Waals surface area contributed by atoms with Gasteiger partial charge in [-0.05, 0) is 25.1 Å². The zero-order chi connectivity index (χ0) is 22.4. The van der Waals surface area contributed by atoms with E-state index in [0.717, 1.165) is 11.1 Å².